The van der Waals surface area contributed by atoms with Crippen LogP contribution in [0.15, 0.2) is 0 Å². The second-order valence-electron chi connectivity index (χ2n) is 2.73. The van der Waals surface area contributed by atoms with Gasteiger partial charge in [0.2, 0.25) is 5.91 Å². The molecule has 0 aromatic heterocycles. The van der Waals surface area contributed by atoms with Gasteiger partial charge in [0.25, 0.3) is 0 Å². The number of amides is 1. The molecule has 1 aliphatic heterocycles. The van der Waals surface area contributed by atoms with Crippen LogP contribution in [0.3, 0.4) is 0 Å². The summed E-state index contributed by atoms with van der Waals surface area (Å²) in [5.74, 6) is 0.0216. The SMILES string of the molecule is C[C@@H](N)C(=O)N1CCOCC1. The Morgan fingerprint density at radius 2 is 2.09 bits per heavy atom. The highest BCUT2D eigenvalue weighted by Crippen LogP contribution is 1.98. The van der Waals surface area contributed by atoms with E-state index in [0.29, 0.717) is 26.3 Å². The molecule has 4 heteroatoms. The number of hydrogen-bond donors (Lipinski definition) is 1. The molecule has 1 aliphatic rings. The number of ether oxygens (including phenoxy) is 1. The lowest BCUT2D eigenvalue weighted by Gasteiger charge is -2.28. The highest BCUT2D eigenvalue weighted by Gasteiger charge is 2.19. The quantitative estimate of drug-likeness (QED) is 0.543. The van der Waals surface area contributed by atoms with E-state index in [9.17, 15) is 4.79 Å². The number of hydrogen-bond acceptors (Lipinski definition) is 3. The summed E-state index contributed by atoms with van der Waals surface area (Å²) < 4.78 is 5.09. The highest BCUT2D eigenvalue weighted by molar-refractivity contribution is 5.81. The lowest BCUT2D eigenvalue weighted by Crippen LogP contribution is -2.47. The molecule has 2 N–H and O–H groups in total. The van der Waals surface area contributed by atoms with Gasteiger partial charge in [-0.2, -0.15) is 0 Å². The smallest absolute Gasteiger partial charge is 0.239 e. The normalized spacial score (nSPS) is 21.5. The van der Waals surface area contributed by atoms with Crippen LogP contribution in [0.25, 0.3) is 0 Å². The molecule has 4 nitrogen and oxygen atoms in total. The van der Waals surface area contributed by atoms with Crippen molar-refractivity contribution >= 4 is 5.91 Å². The molecule has 0 spiro atoms. The molecule has 0 radical (unpaired) electrons. The molecule has 64 valence electrons. The van der Waals surface area contributed by atoms with Crippen molar-refractivity contribution in [2.45, 2.75) is 13.0 Å². The third kappa shape index (κ3) is 2.17. The van der Waals surface area contributed by atoms with Crippen LogP contribution in [0.5, 0.6) is 0 Å². The Labute approximate surface area is 66.3 Å². The molecule has 1 amide bonds. The molecule has 0 bridgehead atoms. The van der Waals surface area contributed by atoms with Crippen molar-refractivity contribution in [3.05, 3.63) is 0 Å². The van der Waals surface area contributed by atoms with Crippen molar-refractivity contribution in [1.29, 1.82) is 0 Å². The maximum absolute atomic E-state index is 11.2. The van der Waals surface area contributed by atoms with Crippen LogP contribution in [0.1, 0.15) is 6.92 Å². The van der Waals surface area contributed by atoms with Gasteiger partial charge in [-0.05, 0) is 6.92 Å². The molecule has 0 saturated carbocycles. The number of rotatable bonds is 1. The number of carbonyl (C=O) groups excluding carboxylic acids is 1. The first-order chi connectivity index (χ1) is 5.22. The van der Waals surface area contributed by atoms with Crippen LogP contribution in [-0.2, 0) is 9.53 Å². The molecule has 0 unspecified atom stereocenters. The molecule has 0 aromatic carbocycles. The Hall–Kier alpha value is -0.610. The molecular weight excluding hydrogens is 144 g/mol. The van der Waals surface area contributed by atoms with Gasteiger partial charge in [-0.15, -0.1) is 0 Å². The summed E-state index contributed by atoms with van der Waals surface area (Å²) in [5.41, 5.74) is 5.43. The third-order valence-electron chi connectivity index (χ3n) is 1.71. The van der Waals surface area contributed by atoms with E-state index in [-0.39, 0.29) is 11.9 Å². The zero-order valence-corrected chi connectivity index (χ0v) is 6.75. The van der Waals surface area contributed by atoms with Gasteiger partial charge in [0.1, 0.15) is 0 Å². The third-order valence-corrected chi connectivity index (χ3v) is 1.71. The fourth-order valence-electron chi connectivity index (χ4n) is 1.07. The maximum atomic E-state index is 11.2. The zero-order chi connectivity index (χ0) is 8.27. The van der Waals surface area contributed by atoms with Crippen molar-refractivity contribution in [3.8, 4) is 0 Å². The summed E-state index contributed by atoms with van der Waals surface area (Å²) in [5, 5.41) is 0. The number of morpholine rings is 1. The Balaban J connectivity index is 2.39. The first-order valence-corrected chi connectivity index (χ1v) is 3.84. The highest BCUT2D eigenvalue weighted by atomic mass is 16.5. The minimum absolute atomic E-state index is 0.0216. The molecule has 11 heavy (non-hydrogen) atoms. The standard InChI is InChI=1S/C7H14N2O2/c1-6(8)7(10)9-2-4-11-5-3-9/h6H,2-5,8H2,1H3/t6-/m1/s1. The largest absolute Gasteiger partial charge is 0.378 e. The van der Waals surface area contributed by atoms with Gasteiger partial charge in [0, 0.05) is 13.1 Å². The van der Waals surface area contributed by atoms with Crippen LogP contribution >= 0.6 is 0 Å². The molecule has 1 heterocycles. The van der Waals surface area contributed by atoms with E-state index in [1.165, 1.54) is 0 Å². The van der Waals surface area contributed by atoms with Crippen LogP contribution in [0.4, 0.5) is 0 Å². The molecule has 1 rings (SSSR count). The van der Waals surface area contributed by atoms with Crippen molar-refractivity contribution in [2.24, 2.45) is 5.73 Å². The number of carbonyl (C=O) groups is 1. The number of nitrogens with zero attached hydrogens (tertiary/aromatic N) is 1. The Bertz CT molecular complexity index is 141. The summed E-state index contributed by atoms with van der Waals surface area (Å²) in [6, 6.07) is -0.381. The summed E-state index contributed by atoms with van der Waals surface area (Å²) in [7, 11) is 0. The molecule has 1 fully saturated rings. The van der Waals surface area contributed by atoms with Crippen LogP contribution < -0.4 is 5.73 Å². The van der Waals surface area contributed by atoms with E-state index >= 15 is 0 Å². The van der Waals surface area contributed by atoms with Gasteiger partial charge < -0.3 is 15.4 Å². The zero-order valence-electron chi connectivity index (χ0n) is 6.75. The first-order valence-electron chi connectivity index (χ1n) is 3.84. The molecule has 1 atom stereocenters. The Kier molecular flexibility index (Phi) is 2.84. The van der Waals surface area contributed by atoms with E-state index in [4.69, 9.17) is 10.5 Å². The van der Waals surface area contributed by atoms with E-state index in [1.54, 1.807) is 11.8 Å². The first kappa shape index (κ1) is 8.49. The Morgan fingerprint density at radius 3 is 2.55 bits per heavy atom. The van der Waals surface area contributed by atoms with Gasteiger partial charge in [0.15, 0.2) is 0 Å². The van der Waals surface area contributed by atoms with Crippen molar-refractivity contribution in [1.82, 2.24) is 4.90 Å². The minimum atomic E-state index is -0.381. The molecule has 1 saturated heterocycles. The average Bonchev–Trinajstić information content (AvgIpc) is 2.05. The van der Waals surface area contributed by atoms with E-state index < -0.39 is 0 Å². The maximum Gasteiger partial charge on any atom is 0.239 e. The van der Waals surface area contributed by atoms with Gasteiger partial charge in [-0.1, -0.05) is 0 Å². The molecule has 0 aliphatic carbocycles. The van der Waals surface area contributed by atoms with Gasteiger partial charge in [0.05, 0.1) is 19.3 Å². The average molecular weight is 158 g/mol. The Morgan fingerprint density at radius 1 is 1.55 bits per heavy atom. The molecule has 0 aromatic rings. The summed E-state index contributed by atoms with van der Waals surface area (Å²) in [6.07, 6.45) is 0. The summed E-state index contributed by atoms with van der Waals surface area (Å²) in [6.45, 7) is 4.34. The second kappa shape index (κ2) is 3.69. The number of nitrogens with two attached hydrogens (primary N) is 1. The summed E-state index contributed by atoms with van der Waals surface area (Å²) >= 11 is 0. The minimum Gasteiger partial charge on any atom is -0.378 e. The molecular formula is C7H14N2O2. The second-order valence-corrected chi connectivity index (χ2v) is 2.73. The van der Waals surface area contributed by atoms with E-state index in [0.717, 1.165) is 0 Å². The monoisotopic (exact) mass is 158 g/mol. The van der Waals surface area contributed by atoms with Crippen LogP contribution in [0.2, 0.25) is 0 Å². The van der Waals surface area contributed by atoms with Crippen molar-refractivity contribution < 1.29 is 9.53 Å². The fraction of sp³-hybridized carbons (Fsp3) is 0.857. The van der Waals surface area contributed by atoms with Gasteiger partial charge in [-0.3, -0.25) is 4.79 Å². The van der Waals surface area contributed by atoms with E-state index in [2.05, 4.69) is 0 Å². The fourth-order valence-corrected chi connectivity index (χ4v) is 1.07. The van der Waals surface area contributed by atoms with Crippen LogP contribution in [0, 0.1) is 0 Å². The lowest BCUT2D eigenvalue weighted by molar-refractivity contribution is -0.136. The summed E-state index contributed by atoms with van der Waals surface area (Å²) in [4.78, 5) is 13.0. The van der Waals surface area contributed by atoms with Crippen molar-refractivity contribution in [3.63, 3.8) is 0 Å². The van der Waals surface area contributed by atoms with Crippen molar-refractivity contribution in [2.75, 3.05) is 26.3 Å². The predicted octanol–water partition coefficient (Wildman–Crippen LogP) is -0.808. The lowest BCUT2D eigenvalue weighted by atomic mass is 10.3. The topological polar surface area (TPSA) is 55.6 Å². The predicted molar refractivity (Wildman–Crippen MR) is 41.0 cm³/mol. The van der Waals surface area contributed by atoms with Gasteiger partial charge in [-0.25, -0.2) is 0 Å². The van der Waals surface area contributed by atoms with E-state index in [1.807, 2.05) is 0 Å². The van der Waals surface area contributed by atoms with Crippen LogP contribution in [-0.4, -0.2) is 43.2 Å². The van der Waals surface area contributed by atoms with Gasteiger partial charge >= 0.3 is 0 Å².